The summed E-state index contributed by atoms with van der Waals surface area (Å²) in [5.74, 6) is 1.79. The minimum Gasteiger partial charge on any atom is -0.484 e. The van der Waals surface area contributed by atoms with E-state index in [4.69, 9.17) is 15.2 Å². The molecule has 94 valence electrons. The van der Waals surface area contributed by atoms with Crippen LogP contribution in [0.4, 0.5) is 0 Å². The standard InChI is InChI=1S/C12H19N3O2/c1-8(2)12-14-6-11(10(5-13)15-12)17-9-3-4-16-7-9/h6,8-9H,3-5,7,13H2,1-2H3. The number of nitrogens with two attached hydrogens (primary N) is 1. The predicted octanol–water partition coefficient (Wildman–Crippen LogP) is 1.23. The molecule has 2 N–H and O–H groups in total. The molecule has 1 aliphatic heterocycles. The molecule has 1 fully saturated rings. The molecule has 5 heteroatoms. The summed E-state index contributed by atoms with van der Waals surface area (Å²) < 4.78 is 11.1. The lowest BCUT2D eigenvalue weighted by Crippen LogP contribution is -2.18. The van der Waals surface area contributed by atoms with Crippen molar-refractivity contribution < 1.29 is 9.47 Å². The number of aromatic nitrogens is 2. The quantitative estimate of drug-likeness (QED) is 0.852. The van der Waals surface area contributed by atoms with Crippen molar-refractivity contribution in [3.8, 4) is 5.75 Å². The van der Waals surface area contributed by atoms with E-state index in [1.165, 1.54) is 0 Å². The van der Waals surface area contributed by atoms with Gasteiger partial charge in [-0.25, -0.2) is 9.97 Å². The summed E-state index contributed by atoms with van der Waals surface area (Å²) in [6, 6.07) is 0. The van der Waals surface area contributed by atoms with Gasteiger partial charge in [-0.15, -0.1) is 0 Å². The summed E-state index contributed by atoms with van der Waals surface area (Å²) in [6.45, 7) is 5.87. The maximum absolute atomic E-state index is 5.80. The lowest BCUT2D eigenvalue weighted by molar-refractivity contribution is 0.140. The van der Waals surface area contributed by atoms with Gasteiger partial charge in [0.1, 0.15) is 11.9 Å². The zero-order valence-corrected chi connectivity index (χ0v) is 10.3. The molecule has 1 saturated heterocycles. The Balaban J connectivity index is 2.15. The molecule has 0 spiro atoms. The second-order valence-corrected chi connectivity index (χ2v) is 4.50. The molecular formula is C12H19N3O2. The average Bonchev–Trinajstić information content (AvgIpc) is 2.82. The molecule has 17 heavy (non-hydrogen) atoms. The summed E-state index contributed by atoms with van der Waals surface area (Å²) >= 11 is 0. The maximum Gasteiger partial charge on any atom is 0.160 e. The molecule has 1 aromatic heterocycles. The fourth-order valence-corrected chi connectivity index (χ4v) is 1.73. The first-order chi connectivity index (χ1) is 8.20. The molecule has 0 radical (unpaired) electrons. The molecule has 2 rings (SSSR count). The Bertz CT molecular complexity index is 376. The molecule has 0 aliphatic carbocycles. The highest BCUT2D eigenvalue weighted by molar-refractivity contribution is 5.25. The van der Waals surface area contributed by atoms with Crippen molar-refractivity contribution >= 4 is 0 Å². The van der Waals surface area contributed by atoms with Crippen molar-refractivity contribution in [2.45, 2.75) is 38.8 Å². The summed E-state index contributed by atoms with van der Waals surface area (Å²) in [4.78, 5) is 8.73. The van der Waals surface area contributed by atoms with Gasteiger partial charge in [-0.2, -0.15) is 0 Å². The van der Waals surface area contributed by atoms with Gasteiger partial charge in [0.25, 0.3) is 0 Å². The largest absolute Gasteiger partial charge is 0.484 e. The van der Waals surface area contributed by atoms with E-state index in [0.29, 0.717) is 24.8 Å². The normalized spacial score (nSPS) is 19.9. The Labute approximate surface area is 101 Å². The Morgan fingerprint density at radius 1 is 1.59 bits per heavy atom. The van der Waals surface area contributed by atoms with Crippen LogP contribution in [0.25, 0.3) is 0 Å². The first-order valence-corrected chi connectivity index (χ1v) is 6.01. The highest BCUT2D eigenvalue weighted by atomic mass is 16.5. The first kappa shape index (κ1) is 12.3. The minimum absolute atomic E-state index is 0.105. The zero-order chi connectivity index (χ0) is 12.3. The molecule has 1 unspecified atom stereocenters. The monoisotopic (exact) mass is 237 g/mol. The number of ether oxygens (including phenoxy) is 2. The van der Waals surface area contributed by atoms with E-state index in [9.17, 15) is 0 Å². The van der Waals surface area contributed by atoms with E-state index < -0.39 is 0 Å². The van der Waals surface area contributed by atoms with Crippen LogP contribution in [0.1, 0.15) is 37.7 Å². The Hall–Kier alpha value is -1.20. The van der Waals surface area contributed by atoms with Crippen molar-refractivity contribution in [3.63, 3.8) is 0 Å². The van der Waals surface area contributed by atoms with Crippen molar-refractivity contribution in [2.24, 2.45) is 5.73 Å². The third-order valence-electron chi connectivity index (χ3n) is 2.74. The molecule has 2 heterocycles. The molecule has 0 aromatic carbocycles. The highest BCUT2D eigenvalue weighted by Crippen LogP contribution is 2.21. The fourth-order valence-electron chi connectivity index (χ4n) is 1.73. The molecule has 0 amide bonds. The zero-order valence-electron chi connectivity index (χ0n) is 10.3. The van der Waals surface area contributed by atoms with E-state index in [-0.39, 0.29) is 6.10 Å². The van der Waals surface area contributed by atoms with Crippen molar-refractivity contribution in [1.82, 2.24) is 9.97 Å². The Morgan fingerprint density at radius 2 is 2.41 bits per heavy atom. The van der Waals surface area contributed by atoms with E-state index >= 15 is 0 Å². The summed E-state index contributed by atoms with van der Waals surface area (Å²) in [7, 11) is 0. The molecule has 1 aromatic rings. The van der Waals surface area contributed by atoms with Gasteiger partial charge < -0.3 is 15.2 Å². The van der Waals surface area contributed by atoms with Crippen LogP contribution in [-0.2, 0) is 11.3 Å². The number of rotatable bonds is 4. The first-order valence-electron chi connectivity index (χ1n) is 6.01. The van der Waals surface area contributed by atoms with Gasteiger partial charge in [-0.1, -0.05) is 13.8 Å². The number of nitrogens with zero attached hydrogens (tertiary/aromatic N) is 2. The van der Waals surface area contributed by atoms with Crippen LogP contribution >= 0.6 is 0 Å². The molecule has 1 aliphatic rings. The lowest BCUT2D eigenvalue weighted by atomic mass is 10.2. The average molecular weight is 237 g/mol. The van der Waals surface area contributed by atoms with E-state index in [1.54, 1.807) is 6.20 Å². The molecule has 0 bridgehead atoms. The minimum atomic E-state index is 0.105. The van der Waals surface area contributed by atoms with Crippen LogP contribution in [0.2, 0.25) is 0 Å². The summed E-state index contributed by atoms with van der Waals surface area (Å²) in [6.07, 6.45) is 2.74. The van der Waals surface area contributed by atoms with Crippen LogP contribution < -0.4 is 10.5 Å². The Kier molecular flexibility index (Phi) is 3.91. The topological polar surface area (TPSA) is 70.3 Å². The van der Waals surface area contributed by atoms with Gasteiger partial charge in [0, 0.05) is 18.9 Å². The van der Waals surface area contributed by atoms with E-state index in [1.807, 2.05) is 0 Å². The second kappa shape index (κ2) is 5.42. The van der Waals surface area contributed by atoms with E-state index in [0.717, 1.165) is 24.5 Å². The molecule has 0 saturated carbocycles. The van der Waals surface area contributed by atoms with Gasteiger partial charge >= 0.3 is 0 Å². The molecule has 1 atom stereocenters. The number of hydrogen-bond donors (Lipinski definition) is 1. The van der Waals surface area contributed by atoms with Crippen LogP contribution in [0.3, 0.4) is 0 Å². The SMILES string of the molecule is CC(C)c1ncc(OC2CCOC2)c(CN)n1. The van der Waals surface area contributed by atoms with E-state index in [2.05, 4.69) is 23.8 Å². The maximum atomic E-state index is 5.80. The second-order valence-electron chi connectivity index (χ2n) is 4.50. The van der Waals surface area contributed by atoms with Gasteiger partial charge in [-0.3, -0.25) is 0 Å². The Morgan fingerprint density at radius 3 is 3.00 bits per heavy atom. The third kappa shape index (κ3) is 2.92. The van der Waals surface area contributed by atoms with Crippen molar-refractivity contribution in [1.29, 1.82) is 0 Å². The number of hydrogen-bond acceptors (Lipinski definition) is 5. The van der Waals surface area contributed by atoms with Crippen LogP contribution in [-0.4, -0.2) is 29.3 Å². The van der Waals surface area contributed by atoms with Gasteiger partial charge in [0.2, 0.25) is 0 Å². The molecule has 5 nitrogen and oxygen atoms in total. The van der Waals surface area contributed by atoms with Gasteiger partial charge in [0.05, 0.1) is 25.1 Å². The summed E-state index contributed by atoms with van der Waals surface area (Å²) in [5, 5.41) is 0. The fraction of sp³-hybridized carbons (Fsp3) is 0.667. The van der Waals surface area contributed by atoms with Crippen molar-refractivity contribution in [3.05, 3.63) is 17.7 Å². The van der Waals surface area contributed by atoms with Crippen molar-refractivity contribution in [2.75, 3.05) is 13.2 Å². The lowest BCUT2D eigenvalue weighted by Gasteiger charge is -2.15. The van der Waals surface area contributed by atoms with Crippen LogP contribution in [0, 0.1) is 0 Å². The van der Waals surface area contributed by atoms with Crippen LogP contribution in [0.5, 0.6) is 5.75 Å². The third-order valence-corrected chi connectivity index (χ3v) is 2.74. The van der Waals surface area contributed by atoms with Gasteiger partial charge in [0.15, 0.2) is 5.75 Å². The summed E-state index contributed by atoms with van der Waals surface area (Å²) in [5.41, 5.74) is 6.47. The molecular weight excluding hydrogens is 218 g/mol. The smallest absolute Gasteiger partial charge is 0.160 e. The predicted molar refractivity (Wildman–Crippen MR) is 63.9 cm³/mol. The van der Waals surface area contributed by atoms with Gasteiger partial charge in [-0.05, 0) is 0 Å². The highest BCUT2D eigenvalue weighted by Gasteiger charge is 2.19. The van der Waals surface area contributed by atoms with Crippen LogP contribution in [0.15, 0.2) is 6.20 Å².